The van der Waals surface area contributed by atoms with Crippen LogP contribution in [0, 0.1) is 5.92 Å². The molecule has 0 saturated heterocycles. The minimum absolute atomic E-state index is 0.00852. The molecule has 0 radical (unpaired) electrons. The molecule has 21 heavy (non-hydrogen) atoms. The van der Waals surface area contributed by atoms with Gasteiger partial charge in [0.05, 0.1) is 10.7 Å². The van der Waals surface area contributed by atoms with E-state index in [0.29, 0.717) is 6.42 Å². The van der Waals surface area contributed by atoms with Crippen LogP contribution in [-0.4, -0.2) is 26.7 Å². The van der Waals surface area contributed by atoms with Gasteiger partial charge < -0.3 is 10.8 Å². The van der Waals surface area contributed by atoms with Gasteiger partial charge in [0, 0.05) is 18.2 Å². The van der Waals surface area contributed by atoms with Crippen LogP contribution in [0.15, 0.2) is 17.0 Å². The summed E-state index contributed by atoms with van der Waals surface area (Å²) in [6, 6.07) is 2.69. The SMILES string of the molecule is CCCC(CCO)CNS(=O)(=O)c1c(N)cc(Cl)cc1Cl. The molecule has 5 nitrogen and oxygen atoms in total. The average Bonchev–Trinajstić information content (AvgIpc) is 2.35. The van der Waals surface area contributed by atoms with Gasteiger partial charge in [-0.3, -0.25) is 0 Å². The minimum Gasteiger partial charge on any atom is -0.398 e. The highest BCUT2D eigenvalue weighted by Crippen LogP contribution is 2.31. The van der Waals surface area contributed by atoms with Gasteiger partial charge in [0.1, 0.15) is 4.90 Å². The van der Waals surface area contributed by atoms with Crippen molar-refractivity contribution in [3.05, 3.63) is 22.2 Å². The maximum Gasteiger partial charge on any atom is 0.244 e. The number of nitrogen functional groups attached to an aromatic ring is 1. The topological polar surface area (TPSA) is 92.4 Å². The van der Waals surface area contributed by atoms with E-state index in [1.54, 1.807) is 0 Å². The van der Waals surface area contributed by atoms with Crippen molar-refractivity contribution in [3.8, 4) is 0 Å². The summed E-state index contributed by atoms with van der Waals surface area (Å²) < 4.78 is 27.1. The molecule has 4 N–H and O–H groups in total. The van der Waals surface area contributed by atoms with Crippen molar-refractivity contribution >= 4 is 38.9 Å². The van der Waals surface area contributed by atoms with Gasteiger partial charge in [-0.25, -0.2) is 13.1 Å². The maximum atomic E-state index is 12.3. The lowest BCUT2D eigenvalue weighted by atomic mass is 10.0. The van der Waals surface area contributed by atoms with Gasteiger partial charge in [-0.2, -0.15) is 0 Å². The monoisotopic (exact) mass is 354 g/mol. The van der Waals surface area contributed by atoms with E-state index in [9.17, 15) is 8.42 Å². The van der Waals surface area contributed by atoms with E-state index in [1.165, 1.54) is 12.1 Å². The Morgan fingerprint density at radius 1 is 1.33 bits per heavy atom. The quantitative estimate of drug-likeness (QED) is 0.625. The summed E-state index contributed by atoms with van der Waals surface area (Å²) in [5, 5.41) is 9.26. The molecule has 1 aromatic carbocycles. The van der Waals surface area contributed by atoms with Gasteiger partial charge in [0.25, 0.3) is 0 Å². The number of benzene rings is 1. The van der Waals surface area contributed by atoms with Crippen LogP contribution in [0.3, 0.4) is 0 Å². The molecule has 0 aliphatic heterocycles. The predicted molar refractivity (Wildman–Crippen MR) is 86.2 cm³/mol. The summed E-state index contributed by atoms with van der Waals surface area (Å²) in [7, 11) is -3.82. The van der Waals surface area contributed by atoms with Crippen molar-refractivity contribution in [2.24, 2.45) is 5.92 Å². The average molecular weight is 355 g/mol. The molecule has 0 heterocycles. The number of nitrogens with two attached hydrogens (primary N) is 1. The first-order valence-corrected chi connectivity index (χ1v) is 8.90. The zero-order valence-electron chi connectivity index (χ0n) is 11.8. The lowest BCUT2D eigenvalue weighted by Crippen LogP contribution is -2.30. The molecule has 1 unspecified atom stereocenters. The first-order chi connectivity index (χ1) is 9.81. The zero-order valence-corrected chi connectivity index (χ0v) is 14.1. The molecule has 1 atom stereocenters. The second-order valence-corrected chi connectivity index (χ2v) is 7.37. The first kappa shape index (κ1) is 18.5. The van der Waals surface area contributed by atoms with Gasteiger partial charge in [0.2, 0.25) is 10.0 Å². The molecule has 1 rings (SSSR count). The normalized spacial score (nSPS) is 13.3. The molecular weight excluding hydrogens is 335 g/mol. The summed E-state index contributed by atoms with van der Waals surface area (Å²) in [5.74, 6) is 0.0714. The number of anilines is 1. The molecule has 0 aliphatic rings. The summed E-state index contributed by atoms with van der Waals surface area (Å²) in [5.41, 5.74) is 5.71. The molecule has 1 aromatic rings. The summed E-state index contributed by atoms with van der Waals surface area (Å²) in [6.07, 6.45) is 2.28. The highest BCUT2D eigenvalue weighted by atomic mass is 35.5. The molecule has 0 amide bonds. The highest BCUT2D eigenvalue weighted by Gasteiger charge is 2.23. The van der Waals surface area contributed by atoms with Crippen molar-refractivity contribution in [2.45, 2.75) is 31.1 Å². The number of sulfonamides is 1. The fraction of sp³-hybridized carbons (Fsp3) is 0.538. The summed E-state index contributed by atoms with van der Waals surface area (Å²) in [4.78, 5) is -0.159. The third kappa shape index (κ3) is 5.30. The Balaban J connectivity index is 2.92. The number of halogens is 2. The number of aliphatic hydroxyl groups is 1. The van der Waals surface area contributed by atoms with E-state index >= 15 is 0 Å². The lowest BCUT2D eigenvalue weighted by molar-refractivity contribution is 0.251. The molecule has 8 heteroatoms. The van der Waals surface area contributed by atoms with Crippen LogP contribution in [0.2, 0.25) is 10.0 Å². The number of rotatable bonds is 8. The maximum absolute atomic E-state index is 12.3. The predicted octanol–water partition coefficient (Wildman–Crippen LogP) is 2.65. The Bertz CT molecular complexity index is 550. The largest absolute Gasteiger partial charge is 0.398 e. The lowest BCUT2D eigenvalue weighted by Gasteiger charge is -2.17. The Labute approximate surface area is 135 Å². The Morgan fingerprint density at radius 3 is 2.52 bits per heavy atom. The minimum atomic E-state index is -3.82. The number of aliphatic hydroxyl groups excluding tert-OH is 1. The van der Waals surface area contributed by atoms with Crippen LogP contribution in [-0.2, 0) is 10.0 Å². The summed E-state index contributed by atoms with van der Waals surface area (Å²) in [6.45, 7) is 2.26. The van der Waals surface area contributed by atoms with E-state index < -0.39 is 10.0 Å². The number of nitrogens with one attached hydrogen (secondary N) is 1. The fourth-order valence-electron chi connectivity index (χ4n) is 2.10. The van der Waals surface area contributed by atoms with Crippen LogP contribution in [0.4, 0.5) is 5.69 Å². The molecule has 0 aliphatic carbocycles. The van der Waals surface area contributed by atoms with Crippen LogP contribution in [0.1, 0.15) is 26.2 Å². The molecule has 0 fully saturated rings. The van der Waals surface area contributed by atoms with Crippen molar-refractivity contribution < 1.29 is 13.5 Å². The Hall–Kier alpha value is -0.530. The first-order valence-electron chi connectivity index (χ1n) is 6.66. The standard InChI is InChI=1S/C13H20Cl2N2O3S/c1-2-3-9(4-5-18)8-17-21(19,20)13-11(15)6-10(14)7-12(13)16/h6-7,9,17-18H,2-5,8,16H2,1H3. The molecule has 0 saturated carbocycles. The Kier molecular flexibility index (Phi) is 7.23. The van der Waals surface area contributed by atoms with E-state index in [-0.39, 0.29) is 39.7 Å². The van der Waals surface area contributed by atoms with Gasteiger partial charge in [-0.15, -0.1) is 0 Å². The van der Waals surface area contributed by atoms with Crippen molar-refractivity contribution in [1.29, 1.82) is 0 Å². The molecular formula is C13H20Cl2N2O3S. The fourth-order valence-corrected chi connectivity index (χ4v) is 4.20. The molecule has 0 aromatic heterocycles. The Morgan fingerprint density at radius 2 is 2.00 bits per heavy atom. The molecule has 120 valence electrons. The van der Waals surface area contributed by atoms with Crippen LogP contribution < -0.4 is 10.5 Å². The number of hydrogen-bond donors (Lipinski definition) is 3. The zero-order chi connectivity index (χ0) is 16.0. The van der Waals surface area contributed by atoms with Crippen LogP contribution in [0.5, 0.6) is 0 Å². The van der Waals surface area contributed by atoms with Gasteiger partial charge in [0.15, 0.2) is 0 Å². The van der Waals surface area contributed by atoms with Crippen molar-refractivity contribution in [1.82, 2.24) is 4.72 Å². The highest BCUT2D eigenvalue weighted by molar-refractivity contribution is 7.89. The van der Waals surface area contributed by atoms with Gasteiger partial charge in [-0.05, 0) is 30.9 Å². The smallest absolute Gasteiger partial charge is 0.244 e. The number of hydrogen-bond acceptors (Lipinski definition) is 4. The molecule has 0 bridgehead atoms. The third-order valence-electron chi connectivity index (χ3n) is 3.10. The second kappa shape index (κ2) is 8.19. The van der Waals surface area contributed by atoms with Gasteiger partial charge in [-0.1, -0.05) is 36.5 Å². The molecule has 0 spiro atoms. The van der Waals surface area contributed by atoms with Crippen molar-refractivity contribution in [2.75, 3.05) is 18.9 Å². The van der Waals surface area contributed by atoms with E-state index in [2.05, 4.69) is 4.72 Å². The van der Waals surface area contributed by atoms with Crippen LogP contribution >= 0.6 is 23.2 Å². The van der Waals surface area contributed by atoms with Crippen molar-refractivity contribution in [3.63, 3.8) is 0 Å². The van der Waals surface area contributed by atoms with Crippen LogP contribution in [0.25, 0.3) is 0 Å². The van der Waals surface area contributed by atoms with E-state index in [1.807, 2.05) is 6.92 Å². The van der Waals surface area contributed by atoms with E-state index in [4.69, 9.17) is 34.0 Å². The summed E-state index contributed by atoms with van der Waals surface area (Å²) >= 11 is 11.7. The second-order valence-electron chi connectivity index (χ2n) is 4.82. The van der Waals surface area contributed by atoms with E-state index in [0.717, 1.165) is 12.8 Å². The van der Waals surface area contributed by atoms with Gasteiger partial charge >= 0.3 is 0 Å². The third-order valence-corrected chi connectivity index (χ3v) is 5.27.